The van der Waals surface area contributed by atoms with Crippen LogP contribution in [0.2, 0.25) is 0 Å². The predicted octanol–water partition coefficient (Wildman–Crippen LogP) is 4.57. The van der Waals surface area contributed by atoms with E-state index in [1.54, 1.807) is 54.6 Å². The van der Waals surface area contributed by atoms with Gasteiger partial charge < -0.3 is 19.3 Å². The van der Waals surface area contributed by atoms with Gasteiger partial charge in [-0.2, -0.15) is 4.98 Å². The SMILES string of the molecule is COc1ccccc1NC(=O)COc1ccccc1-c1noc(-c2ccc(F)cc2)n1. The van der Waals surface area contributed by atoms with Crippen molar-refractivity contribution in [2.45, 2.75) is 0 Å². The Morgan fingerprint density at radius 3 is 2.48 bits per heavy atom. The van der Waals surface area contributed by atoms with E-state index in [-0.39, 0.29) is 24.2 Å². The van der Waals surface area contributed by atoms with Gasteiger partial charge in [-0.25, -0.2) is 4.39 Å². The fourth-order valence-electron chi connectivity index (χ4n) is 2.90. The molecule has 0 saturated heterocycles. The molecule has 4 rings (SSSR count). The Labute approximate surface area is 177 Å². The summed E-state index contributed by atoms with van der Waals surface area (Å²) in [6.45, 7) is -0.224. The number of rotatable bonds is 7. The number of amides is 1. The highest BCUT2D eigenvalue weighted by molar-refractivity contribution is 5.93. The first kappa shape index (κ1) is 20.1. The van der Waals surface area contributed by atoms with Gasteiger partial charge in [0.15, 0.2) is 6.61 Å². The summed E-state index contributed by atoms with van der Waals surface area (Å²) in [6, 6.07) is 19.9. The Bertz CT molecular complexity index is 1190. The minimum Gasteiger partial charge on any atom is -0.495 e. The third-order valence-electron chi connectivity index (χ3n) is 4.38. The van der Waals surface area contributed by atoms with Crippen LogP contribution in [0.25, 0.3) is 22.8 Å². The van der Waals surface area contributed by atoms with Crippen LogP contribution in [0.15, 0.2) is 77.3 Å². The monoisotopic (exact) mass is 419 g/mol. The maximum Gasteiger partial charge on any atom is 0.262 e. The van der Waals surface area contributed by atoms with E-state index in [0.29, 0.717) is 34.1 Å². The Balaban J connectivity index is 1.48. The van der Waals surface area contributed by atoms with Crippen molar-refractivity contribution in [1.82, 2.24) is 10.1 Å². The second kappa shape index (κ2) is 9.08. The second-order valence-corrected chi connectivity index (χ2v) is 6.46. The van der Waals surface area contributed by atoms with Gasteiger partial charge in [0.05, 0.1) is 18.4 Å². The fraction of sp³-hybridized carbons (Fsp3) is 0.0870. The maximum atomic E-state index is 13.1. The molecular weight excluding hydrogens is 401 g/mol. The molecule has 0 unspecified atom stereocenters. The van der Waals surface area contributed by atoms with Crippen molar-refractivity contribution in [2.75, 3.05) is 19.0 Å². The fourth-order valence-corrected chi connectivity index (χ4v) is 2.90. The summed E-state index contributed by atoms with van der Waals surface area (Å²) in [7, 11) is 1.53. The minimum atomic E-state index is -0.353. The van der Waals surface area contributed by atoms with Crippen LogP contribution in [-0.2, 0) is 4.79 Å². The lowest BCUT2D eigenvalue weighted by Gasteiger charge is -2.11. The number of halogens is 1. The number of carbonyl (C=O) groups is 1. The van der Waals surface area contributed by atoms with Crippen LogP contribution in [-0.4, -0.2) is 29.8 Å². The summed E-state index contributed by atoms with van der Waals surface area (Å²) in [5, 5.41) is 6.74. The quantitative estimate of drug-likeness (QED) is 0.472. The normalized spacial score (nSPS) is 10.5. The molecule has 31 heavy (non-hydrogen) atoms. The zero-order valence-corrected chi connectivity index (χ0v) is 16.5. The molecule has 0 aliphatic rings. The third-order valence-corrected chi connectivity index (χ3v) is 4.38. The van der Waals surface area contributed by atoms with Gasteiger partial charge in [0, 0.05) is 5.56 Å². The van der Waals surface area contributed by atoms with Crippen LogP contribution in [0.5, 0.6) is 11.5 Å². The van der Waals surface area contributed by atoms with E-state index in [1.165, 1.54) is 19.2 Å². The minimum absolute atomic E-state index is 0.224. The number of anilines is 1. The van der Waals surface area contributed by atoms with Crippen LogP contribution in [0.4, 0.5) is 10.1 Å². The van der Waals surface area contributed by atoms with Gasteiger partial charge in [-0.15, -0.1) is 0 Å². The molecule has 156 valence electrons. The van der Waals surface area contributed by atoms with E-state index >= 15 is 0 Å². The highest BCUT2D eigenvalue weighted by Gasteiger charge is 2.16. The topological polar surface area (TPSA) is 86.5 Å². The van der Waals surface area contributed by atoms with Crippen molar-refractivity contribution in [3.63, 3.8) is 0 Å². The summed E-state index contributed by atoms with van der Waals surface area (Å²) in [5.41, 5.74) is 1.70. The molecule has 7 nitrogen and oxygen atoms in total. The van der Waals surface area contributed by atoms with Crippen LogP contribution in [0.1, 0.15) is 0 Å². The number of hydrogen-bond donors (Lipinski definition) is 1. The third kappa shape index (κ3) is 4.69. The Hall–Kier alpha value is -4.20. The van der Waals surface area contributed by atoms with Crippen molar-refractivity contribution in [3.8, 4) is 34.3 Å². The standard InChI is InChI=1S/C23H18FN3O4/c1-29-20-9-5-3-7-18(20)25-21(28)14-30-19-8-4-2-6-17(19)22-26-23(31-27-22)15-10-12-16(24)13-11-15/h2-13H,14H2,1H3,(H,25,28). The maximum absolute atomic E-state index is 13.1. The van der Waals surface area contributed by atoms with Crippen LogP contribution in [0.3, 0.4) is 0 Å². The first-order chi connectivity index (χ1) is 15.1. The molecule has 1 aromatic heterocycles. The molecule has 0 aliphatic heterocycles. The van der Waals surface area contributed by atoms with Gasteiger partial charge in [0.2, 0.25) is 5.82 Å². The van der Waals surface area contributed by atoms with Crippen LogP contribution in [0, 0.1) is 5.82 Å². The first-order valence-corrected chi connectivity index (χ1v) is 9.39. The number of ether oxygens (including phenoxy) is 2. The molecule has 0 spiro atoms. The van der Waals surface area contributed by atoms with E-state index in [0.717, 1.165) is 0 Å². The Kier molecular flexibility index (Phi) is 5.89. The highest BCUT2D eigenvalue weighted by atomic mass is 19.1. The number of nitrogens with one attached hydrogen (secondary N) is 1. The van der Waals surface area contributed by atoms with Crippen molar-refractivity contribution in [3.05, 3.63) is 78.6 Å². The molecular formula is C23H18FN3O4. The van der Waals surface area contributed by atoms with E-state index < -0.39 is 0 Å². The Morgan fingerprint density at radius 1 is 1.00 bits per heavy atom. The molecule has 1 heterocycles. The van der Waals surface area contributed by atoms with E-state index in [4.69, 9.17) is 14.0 Å². The van der Waals surface area contributed by atoms with Gasteiger partial charge in [-0.05, 0) is 48.5 Å². The number of benzene rings is 3. The van der Waals surface area contributed by atoms with Crippen LogP contribution < -0.4 is 14.8 Å². The number of methoxy groups -OCH3 is 1. The van der Waals surface area contributed by atoms with Crippen LogP contribution >= 0.6 is 0 Å². The molecule has 0 atom stereocenters. The zero-order valence-electron chi connectivity index (χ0n) is 16.5. The summed E-state index contributed by atoms with van der Waals surface area (Å²) in [5.74, 6) is 0.812. The number of aromatic nitrogens is 2. The molecule has 1 amide bonds. The lowest BCUT2D eigenvalue weighted by atomic mass is 10.2. The molecule has 4 aromatic rings. The molecule has 1 N–H and O–H groups in total. The lowest BCUT2D eigenvalue weighted by molar-refractivity contribution is -0.118. The average molecular weight is 419 g/mol. The van der Waals surface area contributed by atoms with E-state index in [2.05, 4.69) is 15.5 Å². The van der Waals surface area contributed by atoms with Gasteiger partial charge in [-0.1, -0.05) is 29.4 Å². The van der Waals surface area contributed by atoms with Crippen molar-refractivity contribution < 1.29 is 23.2 Å². The highest BCUT2D eigenvalue weighted by Crippen LogP contribution is 2.30. The molecule has 0 fully saturated rings. The first-order valence-electron chi connectivity index (χ1n) is 9.39. The molecule has 0 bridgehead atoms. The van der Waals surface area contributed by atoms with Gasteiger partial charge >= 0.3 is 0 Å². The number of carbonyl (C=O) groups excluding carboxylic acids is 1. The molecule has 8 heteroatoms. The predicted molar refractivity (Wildman–Crippen MR) is 112 cm³/mol. The van der Waals surface area contributed by atoms with E-state index in [9.17, 15) is 9.18 Å². The molecule has 3 aromatic carbocycles. The van der Waals surface area contributed by atoms with Crippen molar-refractivity contribution >= 4 is 11.6 Å². The summed E-state index contributed by atoms with van der Waals surface area (Å²) in [4.78, 5) is 16.7. The lowest BCUT2D eigenvalue weighted by Crippen LogP contribution is -2.20. The Morgan fingerprint density at radius 2 is 1.71 bits per heavy atom. The van der Waals surface area contributed by atoms with Gasteiger partial charge in [0.1, 0.15) is 17.3 Å². The number of para-hydroxylation sites is 3. The average Bonchev–Trinajstić information content (AvgIpc) is 3.29. The van der Waals surface area contributed by atoms with E-state index in [1.807, 2.05) is 6.07 Å². The molecule has 0 aliphatic carbocycles. The zero-order chi connectivity index (χ0) is 21.6. The summed E-state index contributed by atoms with van der Waals surface area (Å²) >= 11 is 0. The number of hydrogen-bond acceptors (Lipinski definition) is 6. The van der Waals surface area contributed by atoms with Crippen molar-refractivity contribution in [2.24, 2.45) is 0 Å². The van der Waals surface area contributed by atoms with Gasteiger partial charge in [-0.3, -0.25) is 4.79 Å². The van der Waals surface area contributed by atoms with Gasteiger partial charge in [0.25, 0.3) is 11.8 Å². The molecule has 0 saturated carbocycles. The number of nitrogens with zero attached hydrogens (tertiary/aromatic N) is 2. The summed E-state index contributed by atoms with van der Waals surface area (Å²) < 4.78 is 29.4. The smallest absolute Gasteiger partial charge is 0.262 e. The second-order valence-electron chi connectivity index (χ2n) is 6.46. The molecule has 0 radical (unpaired) electrons. The largest absolute Gasteiger partial charge is 0.495 e. The summed E-state index contributed by atoms with van der Waals surface area (Å²) in [6.07, 6.45) is 0. The van der Waals surface area contributed by atoms with Crippen molar-refractivity contribution in [1.29, 1.82) is 0 Å².